The summed E-state index contributed by atoms with van der Waals surface area (Å²) >= 11 is 0. The van der Waals surface area contributed by atoms with Gasteiger partial charge >= 0.3 is 0 Å². The second-order valence-electron chi connectivity index (χ2n) is 5.02. The predicted octanol–water partition coefficient (Wildman–Crippen LogP) is 1.85. The summed E-state index contributed by atoms with van der Waals surface area (Å²) in [5, 5.41) is 3.30. The van der Waals surface area contributed by atoms with Crippen LogP contribution in [0.15, 0.2) is 24.3 Å². The van der Waals surface area contributed by atoms with Crippen molar-refractivity contribution in [1.29, 1.82) is 0 Å². The van der Waals surface area contributed by atoms with E-state index in [4.69, 9.17) is 14.5 Å². The first-order valence-electron chi connectivity index (χ1n) is 7.48. The van der Waals surface area contributed by atoms with Gasteiger partial charge in [-0.3, -0.25) is 0 Å². The van der Waals surface area contributed by atoms with Crippen molar-refractivity contribution in [2.24, 2.45) is 0 Å². The highest BCUT2D eigenvalue weighted by molar-refractivity contribution is 5.75. The van der Waals surface area contributed by atoms with Gasteiger partial charge in [-0.1, -0.05) is 12.1 Å². The number of para-hydroxylation sites is 2. The number of likely N-dealkylation sites (N-methyl/N-ethyl adjacent to an activating group) is 1. The minimum atomic E-state index is 0.254. The van der Waals surface area contributed by atoms with Crippen LogP contribution < -0.4 is 5.32 Å². The molecule has 1 atom stereocenters. The van der Waals surface area contributed by atoms with E-state index >= 15 is 0 Å². The van der Waals surface area contributed by atoms with Gasteiger partial charge in [0.05, 0.1) is 30.9 Å². The Morgan fingerprint density at radius 3 is 2.81 bits per heavy atom. The van der Waals surface area contributed by atoms with Crippen molar-refractivity contribution in [3.8, 4) is 0 Å². The number of methoxy groups -OCH3 is 1. The van der Waals surface area contributed by atoms with E-state index in [1.165, 1.54) is 5.52 Å². The molecule has 0 fully saturated rings. The van der Waals surface area contributed by atoms with E-state index in [1.54, 1.807) is 7.11 Å². The average Bonchev–Trinajstić information content (AvgIpc) is 2.87. The monoisotopic (exact) mass is 291 g/mol. The minimum absolute atomic E-state index is 0.254. The van der Waals surface area contributed by atoms with Crippen molar-refractivity contribution in [2.75, 3.05) is 34.0 Å². The number of ether oxygens (including phenoxy) is 2. The summed E-state index contributed by atoms with van der Waals surface area (Å²) in [7, 11) is 3.64. The van der Waals surface area contributed by atoms with E-state index in [9.17, 15) is 0 Å². The van der Waals surface area contributed by atoms with Gasteiger partial charge in [0, 0.05) is 26.1 Å². The van der Waals surface area contributed by atoms with Crippen LogP contribution >= 0.6 is 0 Å². The molecule has 1 aromatic carbocycles. The normalized spacial score (nSPS) is 12.9. The molecule has 0 aliphatic carbocycles. The first-order valence-corrected chi connectivity index (χ1v) is 7.48. The van der Waals surface area contributed by atoms with Gasteiger partial charge in [0.15, 0.2) is 0 Å². The molecule has 5 heteroatoms. The van der Waals surface area contributed by atoms with Crippen LogP contribution in [0.2, 0.25) is 0 Å². The topological polar surface area (TPSA) is 48.3 Å². The number of hydrogen-bond donors (Lipinski definition) is 1. The highest BCUT2D eigenvalue weighted by atomic mass is 16.5. The molecule has 21 heavy (non-hydrogen) atoms. The molecular weight excluding hydrogens is 266 g/mol. The van der Waals surface area contributed by atoms with Gasteiger partial charge in [-0.25, -0.2) is 4.98 Å². The Labute approximate surface area is 126 Å². The maximum absolute atomic E-state index is 5.62. The van der Waals surface area contributed by atoms with Gasteiger partial charge in [0.2, 0.25) is 0 Å². The van der Waals surface area contributed by atoms with Crippen LogP contribution in [0.25, 0.3) is 11.0 Å². The van der Waals surface area contributed by atoms with E-state index in [2.05, 4.69) is 35.0 Å². The Morgan fingerprint density at radius 2 is 2.10 bits per heavy atom. The lowest BCUT2D eigenvalue weighted by atomic mass is 10.2. The van der Waals surface area contributed by atoms with Gasteiger partial charge < -0.3 is 19.4 Å². The summed E-state index contributed by atoms with van der Waals surface area (Å²) in [6.07, 6.45) is 0.853. The highest BCUT2D eigenvalue weighted by Gasteiger charge is 2.14. The number of nitrogens with one attached hydrogen (secondary N) is 1. The smallest absolute Gasteiger partial charge is 0.111 e. The SMILES string of the molecule is CCn1c(CC(COCCOC)NC)nc2ccccc21. The fourth-order valence-corrected chi connectivity index (χ4v) is 2.47. The molecule has 116 valence electrons. The van der Waals surface area contributed by atoms with Crippen LogP contribution in [0.1, 0.15) is 12.7 Å². The molecule has 2 aromatic rings. The quantitative estimate of drug-likeness (QED) is 0.716. The van der Waals surface area contributed by atoms with Crippen molar-refractivity contribution in [3.05, 3.63) is 30.1 Å². The van der Waals surface area contributed by atoms with Crippen LogP contribution in [0.3, 0.4) is 0 Å². The van der Waals surface area contributed by atoms with E-state index in [0.717, 1.165) is 24.3 Å². The Morgan fingerprint density at radius 1 is 1.29 bits per heavy atom. The fourth-order valence-electron chi connectivity index (χ4n) is 2.47. The van der Waals surface area contributed by atoms with Crippen molar-refractivity contribution in [2.45, 2.75) is 25.9 Å². The number of nitrogens with zero attached hydrogens (tertiary/aromatic N) is 2. The van der Waals surface area contributed by atoms with Crippen LogP contribution in [-0.2, 0) is 22.4 Å². The molecule has 1 unspecified atom stereocenters. The second kappa shape index (κ2) is 8.12. The summed E-state index contributed by atoms with van der Waals surface area (Å²) < 4.78 is 12.9. The molecule has 1 N–H and O–H groups in total. The number of aromatic nitrogens is 2. The first kappa shape index (κ1) is 15.9. The molecule has 2 rings (SSSR count). The van der Waals surface area contributed by atoms with Crippen LogP contribution in [-0.4, -0.2) is 49.6 Å². The molecule has 1 aromatic heterocycles. The molecule has 1 heterocycles. The van der Waals surface area contributed by atoms with Gasteiger partial charge in [-0.2, -0.15) is 0 Å². The molecular formula is C16H25N3O2. The number of aryl methyl sites for hydroxylation is 1. The maximum atomic E-state index is 5.62. The predicted molar refractivity (Wildman–Crippen MR) is 84.7 cm³/mol. The minimum Gasteiger partial charge on any atom is -0.382 e. The van der Waals surface area contributed by atoms with Crippen molar-refractivity contribution >= 4 is 11.0 Å². The largest absolute Gasteiger partial charge is 0.382 e. The Balaban J connectivity index is 2.06. The fraction of sp³-hybridized carbons (Fsp3) is 0.562. The van der Waals surface area contributed by atoms with Crippen molar-refractivity contribution in [3.63, 3.8) is 0 Å². The number of rotatable bonds is 9. The molecule has 0 bridgehead atoms. The zero-order valence-corrected chi connectivity index (χ0v) is 13.1. The van der Waals surface area contributed by atoms with E-state index in [0.29, 0.717) is 19.8 Å². The van der Waals surface area contributed by atoms with Crippen LogP contribution in [0.5, 0.6) is 0 Å². The molecule has 0 saturated heterocycles. The second-order valence-corrected chi connectivity index (χ2v) is 5.02. The maximum Gasteiger partial charge on any atom is 0.111 e. The lowest BCUT2D eigenvalue weighted by Crippen LogP contribution is -2.34. The lowest BCUT2D eigenvalue weighted by Gasteiger charge is -2.16. The van der Waals surface area contributed by atoms with E-state index < -0.39 is 0 Å². The molecule has 0 amide bonds. The molecule has 0 saturated carbocycles. The van der Waals surface area contributed by atoms with Crippen LogP contribution in [0, 0.1) is 0 Å². The van der Waals surface area contributed by atoms with E-state index in [1.807, 2.05) is 13.1 Å². The Kier molecular flexibility index (Phi) is 6.17. The lowest BCUT2D eigenvalue weighted by molar-refractivity contribution is 0.0594. The number of benzene rings is 1. The molecule has 0 aliphatic rings. The summed E-state index contributed by atoms with van der Waals surface area (Å²) in [5.41, 5.74) is 2.26. The van der Waals surface area contributed by atoms with Gasteiger partial charge in [0.1, 0.15) is 5.82 Å². The zero-order valence-electron chi connectivity index (χ0n) is 13.1. The third-order valence-corrected chi connectivity index (χ3v) is 3.64. The van der Waals surface area contributed by atoms with Crippen molar-refractivity contribution < 1.29 is 9.47 Å². The number of fused-ring (bicyclic) bond motifs is 1. The van der Waals surface area contributed by atoms with Crippen LogP contribution in [0.4, 0.5) is 0 Å². The first-order chi connectivity index (χ1) is 10.3. The summed E-state index contributed by atoms with van der Waals surface area (Å²) in [6.45, 7) is 4.99. The van der Waals surface area contributed by atoms with Gasteiger partial charge in [-0.15, -0.1) is 0 Å². The molecule has 5 nitrogen and oxygen atoms in total. The number of hydrogen-bond acceptors (Lipinski definition) is 4. The van der Waals surface area contributed by atoms with Crippen molar-refractivity contribution in [1.82, 2.24) is 14.9 Å². The third-order valence-electron chi connectivity index (χ3n) is 3.64. The average molecular weight is 291 g/mol. The molecule has 0 spiro atoms. The third kappa shape index (κ3) is 4.03. The Hall–Kier alpha value is -1.43. The molecule has 0 aliphatic heterocycles. The van der Waals surface area contributed by atoms with E-state index in [-0.39, 0.29) is 6.04 Å². The standard InChI is InChI=1S/C16H25N3O2/c1-4-19-15-8-6-5-7-14(15)18-16(19)11-13(17-2)12-21-10-9-20-3/h5-8,13,17H,4,9-12H2,1-3H3. The Bertz CT molecular complexity index is 553. The summed E-state index contributed by atoms with van der Waals surface area (Å²) in [6, 6.07) is 8.53. The molecule has 0 radical (unpaired) electrons. The summed E-state index contributed by atoms with van der Waals surface area (Å²) in [5.74, 6) is 1.10. The highest BCUT2D eigenvalue weighted by Crippen LogP contribution is 2.17. The zero-order chi connectivity index (χ0) is 15.1. The summed E-state index contributed by atoms with van der Waals surface area (Å²) in [4.78, 5) is 4.76. The van der Waals surface area contributed by atoms with Gasteiger partial charge in [0.25, 0.3) is 0 Å². The number of imidazole rings is 1. The van der Waals surface area contributed by atoms with Gasteiger partial charge in [-0.05, 0) is 26.1 Å².